The number of anilines is 1. The molecule has 0 saturated carbocycles. The minimum atomic E-state index is -0.267. The summed E-state index contributed by atoms with van der Waals surface area (Å²) in [5, 5.41) is 16.4. The maximum Gasteiger partial charge on any atom is 0.191 e. The third kappa shape index (κ3) is 7.33. The zero-order chi connectivity index (χ0) is 22.2. The molecule has 3 rings (SSSR count). The van der Waals surface area contributed by atoms with Crippen LogP contribution in [0, 0.1) is 5.82 Å². The van der Waals surface area contributed by atoms with Crippen LogP contribution in [0.1, 0.15) is 50.7 Å². The van der Waals surface area contributed by atoms with Gasteiger partial charge in [-0.25, -0.2) is 9.38 Å². The van der Waals surface area contributed by atoms with Crippen LogP contribution in [-0.4, -0.2) is 42.8 Å². The number of nitrogens with one attached hydrogen (secondary N) is 2. The first kappa shape index (κ1) is 26.4. The van der Waals surface area contributed by atoms with Gasteiger partial charge in [-0.1, -0.05) is 43.3 Å². The minimum Gasteiger partial charge on any atom is -0.393 e. The fourth-order valence-corrected chi connectivity index (χ4v) is 3.89. The highest BCUT2D eigenvalue weighted by Gasteiger charge is 2.20. The van der Waals surface area contributed by atoms with E-state index in [1.807, 2.05) is 30.0 Å². The van der Waals surface area contributed by atoms with Gasteiger partial charge in [0, 0.05) is 31.6 Å². The maximum atomic E-state index is 14.7. The van der Waals surface area contributed by atoms with Gasteiger partial charge >= 0.3 is 0 Å². The average Bonchev–Trinajstić information content (AvgIpc) is 2.78. The number of rotatable bonds is 7. The highest BCUT2D eigenvalue weighted by Crippen LogP contribution is 2.24. The monoisotopic (exact) mass is 554 g/mol. The van der Waals surface area contributed by atoms with E-state index in [0.717, 1.165) is 18.1 Å². The molecule has 2 aromatic rings. The molecule has 0 radical (unpaired) electrons. The second kappa shape index (κ2) is 13.0. The molecule has 1 aliphatic heterocycles. The Kier molecular flexibility index (Phi) is 10.7. The fourth-order valence-electron chi connectivity index (χ4n) is 3.89. The molecule has 32 heavy (non-hydrogen) atoms. The average molecular weight is 554 g/mol. The minimum absolute atomic E-state index is 0. The van der Waals surface area contributed by atoms with Crippen LogP contribution in [0.4, 0.5) is 10.1 Å². The van der Waals surface area contributed by atoms with Gasteiger partial charge in [-0.15, -0.1) is 24.0 Å². The van der Waals surface area contributed by atoms with Crippen molar-refractivity contribution in [3.8, 4) is 0 Å². The summed E-state index contributed by atoms with van der Waals surface area (Å²) < 4.78 is 14.7. The van der Waals surface area contributed by atoms with Crippen molar-refractivity contribution < 1.29 is 9.50 Å². The lowest BCUT2D eigenvalue weighted by molar-refractivity contribution is 0.145. The van der Waals surface area contributed by atoms with Crippen molar-refractivity contribution in [2.45, 2.75) is 58.2 Å². The van der Waals surface area contributed by atoms with E-state index >= 15 is 0 Å². The lowest BCUT2D eigenvalue weighted by atomic mass is 9.94. The third-order valence-corrected chi connectivity index (χ3v) is 6.02. The van der Waals surface area contributed by atoms with Crippen molar-refractivity contribution in [3.05, 3.63) is 65.5 Å². The summed E-state index contributed by atoms with van der Waals surface area (Å²) in [5.74, 6) is 0.824. The van der Waals surface area contributed by atoms with Gasteiger partial charge in [-0.05, 0) is 49.9 Å². The van der Waals surface area contributed by atoms with Gasteiger partial charge in [0.2, 0.25) is 0 Å². The summed E-state index contributed by atoms with van der Waals surface area (Å²) in [7, 11) is 0. The molecule has 1 heterocycles. The molecule has 0 spiro atoms. The van der Waals surface area contributed by atoms with Crippen molar-refractivity contribution in [3.63, 3.8) is 0 Å². The number of aliphatic imine (C=N–C) groups is 1. The smallest absolute Gasteiger partial charge is 0.191 e. The Balaban J connectivity index is 0.00000363. The molecule has 1 aliphatic rings. The lowest BCUT2D eigenvalue weighted by Gasteiger charge is -2.31. The molecule has 3 N–H and O–H groups in total. The number of aliphatic hydroxyl groups excluding tert-OH is 1. The normalized spacial score (nSPS) is 16.8. The number of hydrogen-bond donors (Lipinski definition) is 3. The summed E-state index contributed by atoms with van der Waals surface area (Å²) in [6, 6.07) is 16.0. The second-order valence-electron chi connectivity index (χ2n) is 8.33. The van der Waals surface area contributed by atoms with E-state index in [0.29, 0.717) is 44.1 Å². The van der Waals surface area contributed by atoms with Crippen LogP contribution in [0.3, 0.4) is 0 Å². The first-order valence-electron chi connectivity index (χ1n) is 11.3. The molecule has 0 aromatic heterocycles. The summed E-state index contributed by atoms with van der Waals surface area (Å²) in [6.45, 7) is 8.90. The van der Waals surface area contributed by atoms with E-state index in [9.17, 15) is 9.50 Å². The molecule has 1 fully saturated rings. The molecule has 176 valence electrons. The zero-order valence-electron chi connectivity index (χ0n) is 19.2. The SMILES string of the molecule is CCNC(=NCc1ccc(N2CCC(O)CC2)c(F)c1)NC(C)C(C)c1ccccc1.I. The van der Waals surface area contributed by atoms with E-state index in [-0.39, 0.29) is 41.9 Å². The van der Waals surface area contributed by atoms with Crippen LogP contribution in [0.25, 0.3) is 0 Å². The van der Waals surface area contributed by atoms with Crippen molar-refractivity contribution in [2.75, 3.05) is 24.5 Å². The van der Waals surface area contributed by atoms with E-state index < -0.39 is 0 Å². The summed E-state index contributed by atoms with van der Waals surface area (Å²) in [5.41, 5.74) is 2.72. The number of nitrogens with zero attached hydrogens (tertiary/aromatic N) is 2. The molecule has 5 nitrogen and oxygen atoms in total. The van der Waals surface area contributed by atoms with Crippen LogP contribution in [0.5, 0.6) is 0 Å². The molecule has 0 bridgehead atoms. The quantitative estimate of drug-likeness (QED) is 0.265. The van der Waals surface area contributed by atoms with Crippen molar-refractivity contribution in [1.82, 2.24) is 10.6 Å². The maximum absolute atomic E-state index is 14.7. The van der Waals surface area contributed by atoms with Gasteiger partial charge in [-0.2, -0.15) is 0 Å². The summed E-state index contributed by atoms with van der Waals surface area (Å²) >= 11 is 0. The Morgan fingerprint density at radius 3 is 2.47 bits per heavy atom. The number of guanidine groups is 1. The molecule has 2 atom stereocenters. The van der Waals surface area contributed by atoms with Gasteiger partial charge in [0.15, 0.2) is 5.96 Å². The highest BCUT2D eigenvalue weighted by molar-refractivity contribution is 14.0. The Hall–Kier alpha value is -1.87. The van der Waals surface area contributed by atoms with Crippen LogP contribution in [-0.2, 0) is 6.54 Å². The van der Waals surface area contributed by atoms with Crippen LogP contribution in [0.2, 0.25) is 0 Å². The molecule has 0 amide bonds. The Morgan fingerprint density at radius 1 is 1.16 bits per heavy atom. The van der Waals surface area contributed by atoms with Gasteiger partial charge in [0.25, 0.3) is 0 Å². The molecule has 1 saturated heterocycles. The Bertz CT molecular complexity index is 856. The molecule has 2 aromatic carbocycles. The second-order valence-corrected chi connectivity index (χ2v) is 8.33. The predicted molar refractivity (Wildman–Crippen MR) is 142 cm³/mol. The van der Waals surface area contributed by atoms with Crippen LogP contribution >= 0.6 is 24.0 Å². The van der Waals surface area contributed by atoms with Crippen molar-refractivity contribution in [1.29, 1.82) is 0 Å². The standard InChI is InChI=1S/C25H35FN4O.HI/c1-4-27-25(29-19(3)18(2)21-8-6-5-7-9-21)28-17-20-10-11-24(23(26)16-20)30-14-12-22(31)13-15-30;/h5-11,16,18-19,22,31H,4,12-15,17H2,1-3H3,(H2,27,28,29);1H. The number of aliphatic hydroxyl groups is 1. The van der Waals surface area contributed by atoms with E-state index in [4.69, 9.17) is 0 Å². The number of piperidine rings is 1. The van der Waals surface area contributed by atoms with E-state index in [2.05, 4.69) is 53.7 Å². The topological polar surface area (TPSA) is 59.9 Å². The zero-order valence-corrected chi connectivity index (χ0v) is 21.6. The van der Waals surface area contributed by atoms with Crippen molar-refractivity contribution in [2.24, 2.45) is 4.99 Å². The van der Waals surface area contributed by atoms with Gasteiger partial charge in [-0.3, -0.25) is 0 Å². The lowest BCUT2D eigenvalue weighted by Crippen LogP contribution is -2.44. The molecular formula is C25H36FIN4O. The predicted octanol–water partition coefficient (Wildman–Crippen LogP) is 4.65. The van der Waals surface area contributed by atoms with Crippen molar-refractivity contribution >= 4 is 35.6 Å². The molecule has 7 heteroatoms. The summed E-state index contributed by atoms with van der Waals surface area (Å²) in [6.07, 6.45) is 1.10. The number of halogens is 2. The Morgan fingerprint density at radius 2 is 1.84 bits per heavy atom. The van der Waals surface area contributed by atoms with Crippen LogP contribution < -0.4 is 15.5 Å². The van der Waals surface area contributed by atoms with E-state index in [1.54, 1.807) is 6.07 Å². The largest absolute Gasteiger partial charge is 0.393 e. The Labute approximate surface area is 208 Å². The molecule has 0 aliphatic carbocycles. The summed E-state index contributed by atoms with van der Waals surface area (Å²) in [4.78, 5) is 6.68. The van der Waals surface area contributed by atoms with Gasteiger partial charge in [0.1, 0.15) is 5.82 Å². The van der Waals surface area contributed by atoms with Gasteiger partial charge in [0.05, 0.1) is 18.3 Å². The molecular weight excluding hydrogens is 518 g/mol. The number of benzene rings is 2. The first-order valence-corrected chi connectivity index (χ1v) is 11.3. The molecule has 2 unspecified atom stereocenters. The van der Waals surface area contributed by atoms with Gasteiger partial charge < -0.3 is 20.6 Å². The first-order chi connectivity index (χ1) is 15.0. The number of hydrogen-bond acceptors (Lipinski definition) is 3. The van der Waals surface area contributed by atoms with E-state index in [1.165, 1.54) is 5.56 Å². The fraction of sp³-hybridized carbons (Fsp3) is 0.480. The third-order valence-electron chi connectivity index (χ3n) is 6.02. The van der Waals surface area contributed by atoms with Crippen LogP contribution in [0.15, 0.2) is 53.5 Å². The highest BCUT2D eigenvalue weighted by atomic mass is 127.